The standard InChI is InChI=1S/C34H60F2/c1-4-6-8-9-10-12-26(3)32-30(35)24-28(25-31(32)36)27-13-15-29(16-14-27)34-21-18-33(19-22-34,20-23-34)17-11-7-5-2/h26-32H,4-25H2,1-3H3. The molecule has 3 unspecified atom stereocenters. The molecule has 0 spiro atoms. The smallest absolute Gasteiger partial charge is 0.106 e. The Kier molecular flexibility index (Phi) is 10.6. The minimum atomic E-state index is -0.918. The van der Waals surface area contributed by atoms with E-state index in [9.17, 15) is 0 Å². The molecule has 0 aromatic heterocycles. The molecule has 3 atom stereocenters. The third-order valence-corrected chi connectivity index (χ3v) is 12.4. The van der Waals surface area contributed by atoms with Gasteiger partial charge in [-0.05, 0) is 118 Å². The fourth-order valence-electron chi connectivity index (χ4n) is 9.81. The summed E-state index contributed by atoms with van der Waals surface area (Å²) in [7, 11) is 0. The highest BCUT2D eigenvalue weighted by atomic mass is 19.1. The van der Waals surface area contributed by atoms with Crippen molar-refractivity contribution >= 4 is 0 Å². The van der Waals surface area contributed by atoms with Gasteiger partial charge in [-0.1, -0.05) is 78.6 Å². The van der Waals surface area contributed by atoms with Crippen molar-refractivity contribution < 1.29 is 8.78 Å². The number of rotatable bonds is 13. The lowest BCUT2D eigenvalue weighted by molar-refractivity contribution is -0.0717. The summed E-state index contributed by atoms with van der Waals surface area (Å²) in [6.07, 6.45) is 26.4. The lowest BCUT2D eigenvalue weighted by Crippen LogP contribution is -2.47. The Bertz CT molecular complexity index is 599. The largest absolute Gasteiger partial charge is 0.247 e. The molecule has 0 N–H and O–H groups in total. The van der Waals surface area contributed by atoms with Crippen LogP contribution in [0.2, 0.25) is 0 Å². The maximum absolute atomic E-state index is 15.4. The zero-order valence-corrected chi connectivity index (χ0v) is 24.4. The summed E-state index contributed by atoms with van der Waals surface area (Å²) in [5, 5.41) is 0. The van der Waals surface area contributed by atoms with E-state index in [1.54, 1.807) is 0 Å². The second-order valence-corrected chi connectivity index (χ2v) is 14.5. The monoisotopic (exact) mass is 506 g/mol. The molecule has 5 aliphatic carbocycles. The Morgan fingerprint density at radius 2 is 1.22 bits per heavy atom. The van der Waals surface area contributed by atoms with Gasteiger partial charge in [-0.3, -0.25) is 0 Å². The van der Waals surface area contributed by atoms with Crippen LogP contribution in [0, 0.1) is 40.4 Å². The van der Waals surface area contributed by atoms with E-state index in [-0.39, 0.29) is 11.8 Å². The molecule has 0 heterocycles. The lowest BCUT2D eigenvalue weighted by Gasteiger charge is -2.58. The van der Waals surface area contributed by atoms with Gasteiger partial charge in [0.2, 0.25) is 0 Å². The summed E-state index contributed by atoms with van der Waals surface area (Å²) in [5.74, 6) is 1.63. The minimum Gasteiger partial charge on any atom is -0.247 e. The topological polar surface area (TPSA) is 0 Å². The van der Waals surface area contributed by atoms with Crippen LogP contribution in [0.25, 0.3) is 0 Å². The van der Waals surface area contributed by atoms with Crippen LogP contribution in [-0.2, 0) is 0 Å². The maximum atomic E-state index is 15.4. The summed E-state index contributed by atoms with van der Waals surface area (Å²) in [5.41, 5.74) is 1.33. The Morgan fingerprint density at radius 3 is 1.81 bits per heavy atom. The fourth-order valence-corrected chi connectivity index (χ4v) is 9.81. The Labute approximate surface area is 223 Å². The molecule has 5 rings (SSSR count). The van der Waals surface area contributed by atoms with Crippen LogP contribution < -0.4 is 0 Å². The highest BCUT2D eigenvalue weighted by Crippen LogP contribution is 2.64. The van der Waals surface area contributed by atoms with E-state index in [0.29, 0.717) is 35.5 Å². The number of halogens is 2. The molecule has 0 amide bonds. The molecular weight excluding hydrogens is 446 g/mol. The molecular formula is C34H60F2. The van der Waals surface area contributed by atoms with Gasteiger partial charge in [0.15, 0.2) is 0 Å². The zero-order chi connectivity index (χ0) is 25.6. The van der Waals surface area contributed by atoms with Crippen LogP contribution in [0.4, 0.5) is 8.78 Å². The van der Waals surface area contributed by atoms with Crippen LogP contribution in [-0.4, -0.2) is 12.3 Å². The van der Waals surface area contributed by atoms with Crippen molar-refractivity contribution in [2.45, 2.75) is 174 Å². The van der Waals surface area contributed by atoms with Crippen molar-refractivity contribution in [1.29, 1.82) is 0 Å². The van der Waals surface area contributed by atoms with E-state index in [0.717, 1.165) is 18.8 Å². The molecule has 0 saturated heterocycles. The maximum Gasteiger partial charge on any atom is 0.106 e. The highest BCUT2D eigenvalue weighted by molar-refractivity contribution is 5.03. The van der Waals surface area contributed by atoms with Crippen molar-refractivity contribution in [3.8, 4) is 0 Å². The molecule has 0 aromatic carbocycles. The van der Waals surface area contributed by atoms with Crippen molar-refractivity contribution in [1.82, 2.24) is 0 Å². The van der Waals surface area contributed by atoms with Crippen LogP contribution in [0.15, 0.2) is 0 Å². The second-order valence-electron chi connectivity index (χ2n) is 14.5. The molecule has 0 aliphatic heterocycles. The van der Waals surface area contributed by atoms with Gasteiger partial charge >= 0.3 is 0 Å². The molecule has 36 heavy (non-hydrogen) atoms. The van der Waals surface area contributed by atoms with E-state index in [2.05, 4.69) is 20.8 Å². The molecule has 2 bridgehead atoms. The molecule has 5 fully saturated rings. The molecule has 0 nitrogen and oxygen atoms in total. The summed E-state index contributed by atoms with van der Waals surface area (Å²) in [6.45, 7) is 6.69. The van der Waals surface area contributed by atoms with E-state index < -0.39 is 12.3 Å². The quantitative estimate of drug-likeness (QED) is 0.218. The van der Waals surface area contributed by atoms with Crippen molar-refractivity contribution in [3.63, 3.8) is 0 Å². The number of unbranched alkanes of at least 4 members (excludes halogenated alkanes) is 6. The molecule has 2 heteroatoms. The summed E-state index contributed by atoms with van der Waals surface area (Å²) >= 11 is 0. The van der Waals surface area contributed by atoms with Crippen LogP contribution in [0.1, 0.15) is 162 Å². The fraction of sp³-hybridized carbons (Fsp3) is 1.00. The van der Waals surface area contributed by atoms with Crippen molar-refractivity contribution in [3.05, 3.63) is 0 Å². The van der Waals surface area contributed by atoms with Gasteiger partial charge in [0.1, 0.15) is 12.3 Å². The first-order chi connectivity index (χ1) is 17.4. The number of alkyl halides is 2. The molecule has 0 radical (unpaired) electrons. The lowest BCUT2D eigenvalue weighted by atomic mass is 9.47. The number of hydrogen-bond acceptors (Lipinski definition) is 0. The van der Waals surface area contributed by atoms with Gasteiger partial charge in [0.25, 0.3) is 0 Å². The zero-order valence-electron chi connectivity index (χ0n) is 24.4. The van der Waals surface area contributed by atoms with E-state index in [4.69, 9.17) is 0 Å². The molecule has 5 saturated carbocycles. The average Bonchev–Trinajstić information content (AvgIpc) is 2.89. The van der Waals surface area contributed by atoms with Gasteiger partial charge in [0, 0.05) is 5.92 Å². The Balaban J connectivity index is 1.21. The van der Waals surface area contributed by atoms with Crippen molar-refractivity contribution in [2.24, 2.45) is 40.4 Å². The summed E-state index contributed by atoms with van der Waals surface area (Å²) < 4.78 is 30.8. The first kappa shape index (κ1) is 28.9. The Morgan fingerprint density at radius 1 is 0.667 bits per heavy atom. The van der Waals surface area contributed by atoms with E-state index in [1.165, 1.54) is 116 Å². The Hall–Kier alpha value is -0.140. The van der Waals surface area contributed by atoms with Gasteiger partial charge in [-0.15, -0.1) is 0 Å². The van der Waals surface area contributed by atoms with Crippen LogP contribution in [0.5, 0.6) is 0 Å². The van der Waals surface area contributed by atoms with Crippen LogP contribution >= 0.6 is 0 Å². The molecule has 210 valence electrons. The minimum absolute atomic E-state index is 0.194. The van der Waals surface area contributed by atoms with Gasteiger partial charge in [-0.2, -0.15) is 0 Å². The van der Waals surface area contributed by atoms with E-state index in [1.807, 2.05) is 0 Å². The van der Waals surface area contributed by atoms with Gasteiger partial charge < -0.3 is 0 Å². The highest BCUT2D eigenvalue weighted by Gasteiger charge is 2.52. The third-order valence-electron chi connectivity index (χ3n) is 12.4. The molecule has 0 aromatic rings. The predicted octanol–water partition coefficient (Wildman–Crippen LogP) is 11.4. The molecule has 5 aliphatic rings. The van der Waals surface area contributed by atoms with Gasteiger partial charge in [-0.25, -0.2) is 8.78 Å². The number of fused-ring (bicyclic) bond motifs is 3. The van der Waals surface area contributed by atoms with Crippen LogP contribution in [0.3, 0.4) is 0 Å². The average molecular weight is 507 g/mol. The summed E-state index contributed by atoms with van der Waals surface area (Å²) in [6, 6.07) is 0. The number of hydrogen-bond donors (Lipinski definition) is 0. The third kappa shape index (κ3) is 6.70. The second kappa shape index (κ2) is 13.3. The first-order valence-electron chi connectivity index (χ1n) is 16.7. The normalized spacial score (nSPS) is 41.9. The van der Waals surface area contributed by atoms with Gasteiger partial charge in [0.05, 0.1) is 0 Å². The summed E-state index contributed by atoms with van der Waals surface area (Å²) in [4.78, 5) is 0. The SMILES string of the molecule is CCCCCCCC(C)C1C(F)CC(C2CCC(C34CCC(CCCCC)(CC3)CC4)CC2)CC1F. The van der Waals surface area contributed by atoms with Crippen molar-refractivity contribution in [2.75, 3.05) is 0 Å². The predicted molar refractivity (Wildman–Crippen MR) is 151 cm³/mol. The first-order valence-corrected chi connectivity index (χ1v) is 16.7. The van der Waals surface area contributed by atoms with E-state index >= 15 is 8.78 Å².